The van der Waals surface area contributed by atoms with E-state index in [2.05, 4.69) is 5.32 Å². The summed E-state index contributed by atoms with van der Waals surface area (Å²) in [5.41, 5.74) is 1.59. The van der Waals surface area contributed by atoms with E-state index in [1.165, 1.54) is 14.2 Å². The fourth-order valence-corrected chi connectivity index (χ4v) is 2.58. The van der Waals surface area contributed by atoms with E-state index in [0.29, 0.717) is 11.3 Å². The molecule has 3 nitrogen and oxygen atoms in total. The maximum Gasteiger partial charge on any atom is 0.197 e. The summed E-state index contributed by atoms with van der Waals surface area (Å²) in [7, 11) is 3.00. The van der Waals surface area contributed by atoms with Crippen LogP contribution in [0.15, 0.2) is 6.07 Å². The predicted molar refractivity (Wildman–Crippen MR) is 68.8 cm³/mol. The van der Waals surface area contributed by atoms with E-state index < -0.39 is 0 Å². The van der Waals surface area contributed by atoms with E-state index in [0.717, 1.165) is 31.4 Å². The van der Waals surface area contributed by atoms with Crippen molar-refractivity contribution in [1.29, 1.82) is 0 Å². The van der Waals surface area contributed by atoms with Gasteiger partial charge >= 0.3 is 0 Å². The number of aryl methyl sites for hydroxylation is 1. The molecule has 1 aromatic rings. The SMILES string of the molecule is COc1c(C)cc(C2CCCCN2)c(F)c1OC. The summed E-state index contributed by atoms with van der Waals surface area (Å²) in [6.07, 6.45) is 3.25. The standard InChI is InChI=1S/C14H20FNO2/c1-9-8-10(11-6-4-5-7-16-11)12(15)14(18-3)13(9)17-2/h8,11,16H,4-7H2,1-3H3. The third kappa shape index (κ3) is 2.29. The molecule has 0 aliphatic carbocycles. The van der Waals surface area contributed by atoms with Gasteiger partial charge in [-0.2, -0.15) is 0 Å². The first kappa shape index (κ1) is 13.1. The number of hydrogen-bond acceptors (Lipinski definition) is 3. The van der Waals surface area contributed by atoms with Gasteiger partial charge in [-0.25, -0.2) is 4.39 Å². The van der Waals surface area contributed by atoms with Crippen molar-refractivity contribution in [2.45, 2.75) is 32.2 Å². The summed E-state index contributed by atoms with van der Waals surface area (Å²) >= 11 is 0. The van der Waals surface area contributed by atoms with E-state index in [1.807, 2.05) is 13.0 Å². The lowest BCUT2D eigenvalue weighted by Gasteiger charge is -2.25. The van der Waals surface area contributed by atoms with Crippen LogP contribution in [0.2, 0.25) is 0 Å². The van der Waals surface area contributed by atoms with Crippen LogP contribution in [0.25, 0.3) is 0 Å². The van der Waals surface area contributed by atoms with Crippen LogP contribution in [0.3, 0.4) is 0 Å². The lowest BCUT2D eigenvalue weighted by molar-refractivity contribution is 0.327. The maximum absolute atomic E-state index is 14.4. The van der Waals surface area contributed by atoms with Crippen molar-refractivity contribution >= 4 is 0 Å². The van der Waals surface area contributed by atoms with Crippen molar-refractivity contribution in [1.82, 2.24) is 5.32 Å². The monoisotopic (exact) mass is 253 g/mol. The smallest absolute Gasteiger partial charge is 0.197 e. The zero-order valence-corrected chi connectivity index (χ0v) is 11.2. The van der Waals surface area contributed by atoms with E-state index in [4.69, 9.17) is 9.47 Å². The number of nitrogens with one attached hydrogen (secondary N) is 1. The molecule has 100 valence electrons. The fourth-order valence-electron chi connectivity index (χ4n) is 2.58. The van der Waals surface area contributed by atoms with Gasteiger partial charge in [-0.15, -0.1) is 0 Å². The second-order valence-electron chi connectivity index (χ2n) is 4.67. The lowest BCUT2D eigenvalue weighted by atomic mass is 9.95. The highest BCUT2D eigenvalue weighted by Gasteiger charge is 2.24. The molecule has 0 spiro atoms. The van der Waals surface area contributed by atoms with Gasteiger partial charge in [-0.05, 0) is 37.9 Å². The lowest BCUT2D eigenvalue weighted by Crippen LogP contribution is -2.27. The van der Waals surface area contributed by atoms with Crippen LogP contribution >= 0.6 is 0 Å². The average molecular weight is 253 g/mol. The summed E-state index contributed by atoms with van der Waals surface area (Å²) in [4.78, 5) is 0. The van der Waals surface area contributed by atoms with E-state index in [-0.39, 0.29) is 17.6 Å². The van der Waals surface area contributed by atoms with Crippen LogP contribution in [0, 0.1) is 12.7 Å². The van der Waals surface area contributed by atoms with Crippen molar-refractivity contribution in [3.8, 4) is 11.5 Å². The quantitative estimate of drug-likeness (QED) is 0.898. The summed E-state index contributed by atoms with van der Waals surface area (Å²) in [6.45, 7) is 2.85. The number of benzene rings is 1. The van der Waals surface area contributed by atoms with Crippen LogP contribution in [0.1, 0.15) is 36.4 Å². The third-order valence-electron chi connectivity index (χ3n) is 3.48. The normalized spacial score (nSPS) is 19.7. The Balaban J connectivity index is 2.44. The van der Waals surface area contributed by atoms with Crippen LogP contribution < -0.4 is 14.8 Å². The van der Waals surface area contributed by atoms with Crippen LogP contribution in [0.5, 0.6) is 11.5 Å². The predicted octanol–water partition coefficient (Wildman–Crippen LogP) is 2.97. The molecule has 18 heavy (non-hydrogen) atoms. The Hall–Kier alpha value is -1.29. The fraction of sp³-hybridized carbons (Fsp3) is 0.571. The first-order chi connectivity index (χ1) is 8.69. The third-order valence-corrected chi connectivity index (χ3v) is 3.48. The number of halogens is 1. The van der Waals surface area contributed by atoms with Crippen molar-refractivity contribution < 1.29 is 13.9 Å². The second-order valence-corrected chi connectivity index (χ2v) is 4.67. The second kappa shape index (κ2) is 5.57. The minimum absolute atomic E-state index is 0.0808. The molecule has 1 heterocycles. The van der Waals surface area contributed by atoms with Gasteiger partial charge in [0.15, 0.2) is 17.3 Å². The first-order valence-corrected chi connectivity index (χ1v) is 6.33. The zero-order valence-electron chi connectivity index (χ0n) is 11.2. The Kier molecular flexibility index (Phi) is 4.07. The van der Waals surface area contributed by atoms with Gasteiger partial charge in [-0.3, -0.25) is 0 Å². The first-order valence-electron chi connectivity index (χ1n) is 6.33. The minimum Gasteiger partial charge on any atom is -0.492 e. The number of rotatable bonds is 3. The number of hydrogen-bond donors (Lipinski definition) is 1. The molecular weight excluding hydrogens is 233 g/mol. The molecule has 2 rings (SSSR count). The average Bonchev–Trinajstić information content (AvgIpc) is 2.41. The van der Waals surface area contributed by atoms with Crippen molar-refractivity contribution in [2.24, 2.45) is 0 Å². The van der Waals surface area contributed by atoms with Crippen LogP contribution in [0.4, 0.5) is 4.39 Å². The molecule has 0 amide bonds. The number of methoxy groups -OCH3 is 2. The Morgan fingerprint density at radius 2 is 1.94 bits per heavy atom. The van der Waals surface area contributed by atoms with Crippen molar-refractivity contribution in [3.05, 3.63) is 23.0 Å². The molecule has 1 fully saturated rings. The highest BCUT2D eigenvalue weighted by molar-refractivity contribution is 5.51. The summed E-state index contributed by atoms with van der Waals surface area (Å²) in [5.74, 6) is 0.383. The molecule has 0 saturated carbocycles. The largest absolute Gasteiger partial charge is 0.492 e. The molecule has 1 N–H and O–H groups in total. The Bertz CT molecular complexity index is 428. The van der Waals surface area contributed by atoms with Crippen molar-refractivity contribution in [2.75, 3.05) is 20.8 Å². The molecule has 1 unspecified atom stereocenters. The van der Waals surface area contributed by atoms with Gasteiger partial charge in [0, 0.05) is 11.6 Å². The van der Waals surface area contributed by atoms with E-state index in [1.54, 1.807) is 0 Å². The molecule has 1 saturated heterocycles. The highest BCUT2D eigenvalue weighted by atomic mass is 19.1. The molecule has 0 radical (unpaired) electrons. The molecular formula is C14H20FNO2. The van der Waals surface area contributed by atoms with Crippen LogP contribution in [-0.2, 0) is 0 Å². The van der Waals surface area contributed by atoms with Gasteiger partial charge in [0.25, 0.3) is 0 Å². The maximum atomic E-state index is 14.4. The Labute approximate surface area is 107 Å². The van der Waals surface area contributed by atoms with Crippen LogP contribution in [-0.4, -0.2) is 20.8 Å². The number of ether oxygens (including phenoxy) is 2. The molecule has 0 aromatic heterocycles. The van der Waals surface area contributed by atoms with Crippen molar-refractivity contribution in [3.63, 3.8) is 0 Å². The molecule has 0 bridgehead atoms. The molecule has 1 aliphatic rings. The highest BCUT2D eigenvalue weighted by Crippen LogP contribution is 2.39. The Morgan fingerprint density at radius 1 is 1.22 bits per heavy atom. The molecule has 1 aromatic carbocycles. The summed E-state index contributed by atoms with van der Waals surface area (Å²) in [6, 6.07) is 1.94. The topological polar surface area (TPSA) is 30.5 Å². The Morgan fingerprint density at radius 3 is 2.50 bits per heavy atom. The molecule has 1 atom stereocenters. The van der Waals surface area contributed by atoms with Gasteiger partial charge in [0.1, 0.15) is 0 Å². The molecule has 1 aliphatic heterocycles. The minimum atomic E-state index is -0.306. The van der Waals surface area contributed by atoms with Gasteiger partial charge < -0.3 is 14.8 Å². The van der Waals surface area contributed by atoms with Gasteiger partial charge in [-0.1, -0.05) is 6.42 Å². The van der Waals surface area contributed by atoms with Gasteiger partial charge in [0.2, 0.25) is 0 Å². The molecule has 4 heteroatoms. The van der Waals surface area contributed by atoms with E-state index in [9.17, 15) is 4.39 Å². The summed E-state index contributed by atoms with van der Waals surface area (Å²) in [5, 5.41) is 3.36. The summed E-state index contributed by atoms with van der Waals surface area (Å²) < 4.78 is 24.8. The number of piperidine rings is 1. The van der Waals surface area contributed by atoms with Gasteiger partial charge in [0.05, 0.1) is 14.2 Å². The zero-order chi connectivity index (χ0) is 13.1. The van der Waals surface area contributed by atoms with E-state index >= 15 is 0 Å².